The second kappa shape index (κ2) is 4.96. The van der Waals surface area contributed by atoms with E-state index in [1.165, 1.54) is 0 Å². The first kappa shape index (κ1) is 13.0. The van der Waals surface area contributed by atoms with Crippen molar-refractivity contribution in [1.29, 1.82) is 0 Å². The van der Waals surface area contributed by atoms with Gasteiger partial charge in [-0.05, 0) is 43.3 Å². The van der Waals surface area contributed by atoms with E-state index in [1.54, 1.807) is 4.52 Å². The molecule has 0 aliphatic rings. The summed E-state index contributed by atoms with van der Waals surface area (Å²) < 4.78 is 3.74. The molecular formula is C16H12ClN5. The molecule has 0 unspecified atom stereocenters. The quantitative estimate of drug-likeness (QED) is 0.569. The molecule has 4 aromatic rings. The number of hydrogen-bond acceptors (Lipinski definition) is 3. The zero-order valence-corrected chi connectivity index (χ0v) is 12.6. The number of hydrogen-bond donors (Lipinski definition) is 0. The minimum absolute atomic E-state index is 0.689. The first-order valence-electron chi connectivity index (χ1n) is 6.86. The van der Waals surface area contributed by atoms with E-state index in [2.05, 4.69) is 15.3 Å². The Kier molecular flexibility index (Phi) is 2.94. The molecule has 2 heterocycles. The van der Waals surface area contributed by atoms with Crippen molar-refractivity contribution in [2.24, 2.45) is 0 Å². The molecule has 0 saturated heterocycles. The van der Waals surface area contributed by atoms with E-state index in [0.717, 1.165) is 22.9 Å². The van der Waals surface area contributed by atoms with Gasteiger partial charge in [-0.25, -0.2) is 0 Å². The zero-order chi connectivity index (χ0) is 15.1. The van der Waals surface area contributed by atoms with Crippen LogP contribution in [0.4, 0.5) is 0 Å². The van der Waals surface area contributed by atoms with Crippen LogP contribution in [0.2, 0.25) is 5.02 Å². The predicted octanol–water partition coefficient (Wildman–Crippen LogP) is 3.54. The van der Waals surface area contributed by atoms with Gasteiger partial charge in [0.05, 0.1) is 5.69 Å². The summed E-state index contributed by atoms with van der Waals surface area (Å²) in [4.78, 5) is 0. The Morgan fingerprint density at radius 3 is 2.36 bits per heavy atom. The van der Waals surface area contributed by atoms with Gasteiger partial charge in [-0.1, -0.05) is 29.8 Å². The minimum atomic E-state index is 0.689. The van der Waals surface area contributed by atoms with E-state index in [1.807, 2.05) is 66.1 Å². The topological polar surface area (TPSA) is 48.0 Å². The van der Waals surface area contributed by atoms with E-state index >= 15 is 0 Å². The van der Waals surface area contributed by atoms with Crippen molar-refractivity contribution in [3.63, 3.8) is 0 Å². The van der Waals surface area contributed by atoms with Crippen LogP contribution in [0, 0.1) is 6.92 Å². The number of fused-ring (bicyclic) bond motifs is 1. The molecule has 0 amide bonds. The van der Waals surface area contributed by atoms with Crippen LogP contribution in [-0.2, 0) is 0 Å². The molecule has 2 aromatic heterocycles. The molecule has 0 saturated carbocycles. The normalized spacial score (nSPS) is 11.2. The smallest absolute Gasteiger partial charge is 0.258 e. The highest BCUT2D eigenvalue weighted by atomic mass is 35.5. The Hall–Kier alpha value is -2.66. The standard InChI is InChI=1S/C16H12ClN5/c1-11-18-19-16-21(14-5-3-2-4-6-14)15(20-22(11)16)12-7-9-13(17)10-8-12/h2-10H,1H3. The third-order valence-electron chi connectivity index (χ3n) is 3.50. The van der Waals surface area contributed by atoms with E-state index in [9.17, 15) is 0 Å². The fraction of sp³-hybridized carbons (Fsp3) is 0.0625. The highest BCUT2D eigenvalue weighted by Gasteiger charge is 2.17. The number of rotatable bonds is 2. The van der Waals surface area contributed by atoms with Crippen molar-refractivity contribution in [3.05, 3.63) is 65.4 Å². The number of aryl methyl sites for hydroxylation is 1. The summed E-state index contributed by atoms with van der Waals surface area (Å²) in [6.45, 7) is 1.88. The first-order valence-corrected chi connectivity index (χ1v) is 7.24. The second-order valence-electron chi connectivity index (χ2n) is 4.96. The lowest BCUT2D eigenvalue weighted by Gasteiger charge is -2.06. The molecule has 6 heteroatoms. The highest BCUT2D eigenvalue weighted by molar-refractivity contribution is 6.30. The average molecular weight is 310 g/mol. The molecule has 5 nitrogen and oxygen atoms in total. The van der Waals surface area contributed by atoms with Crippen LogP contribution in [0.5, 0.6) is 0 Å². The average Bonchev–Trinajstić information content (AvgIpc) is 3.09. The first-order chi connectivity index (χ1) is 10.7. The van der Waals surface area contributed by atoms with Crippen molar-refractivity contribution in [2.75, 3.05) is 0 Å². The maximum atomic E-state index is 5.98. The molecular weight excluding hydrogens is 298 g/mol. The van der Waals surface area contributed by atoms with Gasteiger partial charge in [0.25, 0.3) is 5.78 Å². The number of benzene rings is 2. The van der Waals surface area contributed by atoms with E-state index < -0.39 is 0 Å². The van der Waals surface area contributed by atoms with Crippen LogP contribution >= 0.6 is 11.6 Å². The van der Waals surface area contributed by atoms with Crippen LogP contribution in [-0.4, -0.2) is 24.4 Å². The van der Waals surface area contributed by atoms with Crippen molar-refractivity contribution < 1.29 is 0 Å². The summed E-state index contributed by atoms with van der Waals surface area (Å²) in [5.41, 5.74) is 1.96. The maximum absolute atomic E-state index is 5.98. The van der Waals surface area contributed by atoms with Crippen LogP contribution in [0.25, 0.3) is 22.9 Å². The van der Waals surface area contributed by atoms with Crippen LogP contribution in [0.1, 0.15) is 5.82 Å². The summed E-state index contributed by atoms with van der Waals surface area (Å²) in [5, 5.41) is 13.7. The summed E-state index contributed by atoms with van der Waals surface area (Å²) in [6.07, 6.45) is 0. The Morgan fingerprint density at radius 2 is 1.64 bits per heavy atom. The molecule has 108 valence electrons. The molecule has 0 aliphatic heterocycles. The predicted molar refractivity (Wildman–Crippen MR) is 85.3 cm³/mol. The molecule has 22 heavy (non-hydrogen) atoms. The van der Waals surface area contributed by atoms with Crippen LogP contribution in [0.3, 0.4) is 0 Å². The van der Waals surface area contributed by atoms with Crippen LogP contribution in [0.15, 0.2) is 54.6 Å². The fourth-order valence-electron chi connectivity index (χ4n) is 2.44. The van der Waals surface area contributed by atoms with Gasteiger partial charge < -0.3 is 0 Å². The lowest BCUT2D eigenvalue weighted by Crippen LogP contribution is -1.98. The van der Waals surface area contributed by atoms with Crippen LogP contribution < -0.4 is 0 Å². The monoisotopic (exact) mass is 309 g/mol. The Balaban J connectivity index is 2.03. The zero-order valence-electron chi connectivity index (χ0n) is 11.8. The SMILES string of the molecule is Cc1nnc2n(-c3ccccc3)c(-c3ccc(Cl)cc3)nn12. The molecule has 0 radical (unpaired) electrons. The Labute approximate surface area is 131 Å². The van der Waals surface area contributed by atoms with E-state index in [4.69, 9.17) is 11.6 Å². The number of halogens is 1. The van der Waals surface area contributed by atoms with Gasteiger partial charge in [-0.15, -0.1) is 15.3 Å². The molecule has 0 atom stereocenters. The largest absolute Gasteiger partial charge is 0.260 e. The number of nitrogens with zero attached hydrogens (tertiary/aromatic N) is 5. The van der Waals surface area contributed by atoms with Crippen molar-refractivity contribution in [2.45, 2.75) is 6.92 Å². The third-order valence-corrected chi connectivity index (χ3v) is 3.76. The summed E-state index contributed by atoms with van der Waals surface area (Å²) >= 11 is 5.98. The van der Waals surface area contributed by atoms with Gasteiger partial charge in [-0.3, -0.25) is 4.57 Å². The molecule has 4 rings (SSSR count). The second-order valence-corrected chi connectivity index (χ2v) is 5.40. The minimum Gasteiger partial charge on any atom is -0.260 e. The van der Waals surface area contributed by atoms with Crippen molar-refractivity contribution >= 4 is 17.4 Å². The number of para-hydroxylation sites is 1. The molecule has 0 fully saturated rings. The lowest BCUT2D eigenvalue weighted by atomic mass is 10.2. The van der Waals surface area contributed by atoms with Gasteiger partial charge in [0.1, 0.15) is 0 Å². The van der Waals surface area contributed by atoms with Gasteiger partial charge >= 0.3 is 0 Å². The Bertz CT molecular complexity index is 938. The van der Waals surface area contributed by atoms with E-state index in [-0.39, 0.29) is 0 Å². The summed E-state index contributed by atoms with van der Waals surface area (Å²) in [7, 11) is 0. The number of aromatic nitrogens is 5. The summed E-state index contributed by atoms with van der Waals surface area (Å²) in [6, 6.07) is 17.6. The van der Waals surface area contributed by atoms with Gasteiger partial charge in [0, 0.05) is 10.6 Å². The molecule has 0 aliphatic carbocycles. The molecule has 0 spiro atoms. The Morgan fingerprint density at radius 1 is 0.909 bits per heavy atom. The van der Waals surface area contributed by atoms with Crippen molar-refractivity contribution in [3.8, 4) is 17.1 Å². The van der Waals surface area contributed by atoms with E-state index in [0.29, 0.717) is 10.8 Å². The molecule has 0 bridgehead atoms. The summed E-state index contributed by atoms with van der Waals surface area (Å²) in [5.74, 6) is 2.24. The molecule has 0 N–H and O–H groups in total. The van der Waals surface area contributed by atoms with Gasteiger partial charge in [0.2, 0.25) is 0 Å². The van der Waals surface area contributed by atoms with Gasteiger partial charge in [0.15, 0.2) is 11.6 Å². The fourth-order valence-corrected chi connectivity index (χ4v) is 2.56. The molecule has 2 aromatic carbocycles. The van der Waals surface area contributed by atoms with Crippen molar-refractivity contribution in [1.82, 2.24) is 24.4 Å². The van der Waals surface area contributed by atoms with Gasteiger partial charge in [-0.2, -0.15) is 4.52 Å². The lowest BCUT2D eigenvalue weighted by molar-refractivity contribution is 0.895. The third kappa shape index (κ3) is 1.98. The maximum Gasteiger partial charge on any atom is 0.258 e. The highest BCUT2D eigenvalue weighted by Crippen LogP contribution is 2.25.